The molecule has 2 heterocycles. The first kappa shape index (κ1) is 9.60. The number of nitrogen functional groups attached to an aromatic ring is 1. The van der Waals surface area contributed by atoms with Gasteiger partial charge < -0.3 is 5.73 Å². The Morgan fingerprint density at radius 2 is 1.88 bits per heavy atom. The average Bonchev–Trinajstić information content (AvgIpc) is 2.59. The lowest BCUT2D eigenvalue weighted by molar-refractivity contribution is 1.35. The van der Waals surface area contributed by atoms with Crippen molar-refractivity contribution in [3.8, 4) is 0 Å². The van der Waals surface area contributed by atoms with Crippen molar-refractivity contribution < 1.29 is 0 Å². The Morgan fingerprint density at radius 1 is 1.12 bits per heavy atom. The van der Waals surface area contributed by atoms with E-state index in [4.69, 9.17) is 5.73 Å². The summed E-state index contributed by atoms with van der Waals surface area (Å²) in [5, 5.41) is 4.19. The van der Waals surface area contributed by atoms with E-state index < -0.39 is 0 Å². The Bertz CT molecular complexity index is 698. The number of hydrogen-bond acceptors (Lipinski definition) is 3. The number of benzene rings is 1. The maximum Gasteiger partial charge on any atom is 0.126 e. The highest BCUT2D eigenvalue weighted by atomic mass is 32.1. The van der Waals surface area contributed by atoms with Crippen LogP contribution in [-0.2, 0) is 0 Å². The van der Waals surface area contributed by atoms with E-state index in [-0.39, 0.29) is 0 Å². The number of thiophene rings is 1. The van der Waals surface area contributed by atoms with Gasteiger partial charge in [0.25, 0.3) is 0 Å². The molecule has 80 valence electrons. The number of anilines is 1. The smallest absolute Gasteiger partial charge is 0.126 e. The van der Waals surface area contributed by atoms with Gasteiger partial charge in [-0.1, -0.05) is 0 Å². The summed E-state index contributed by atoms with van der Waals surface area (Å²) in [6.07, 6.45) is 0. The fourth-order valence-electron chi connectivity index (χ4n) is 1.90. The molecule has 3 rings (SSSR count). The van der Waals surface area contributed by atoms with E-state index in [1.165, 1.54) is 16.5 Å². The van der Waals surface area contributed by atoms with E-state index in [1.54, 1.807) is 11.3 Å². The molecule has 2 N–H and O–H groups in total. The molecule has 16 heavy (non-hydrogen) atoms. The summed E-state index contributed by atoms with van der Waals surface area (Å²) in [5.74, 6) is 0. The van der Waals surface area contributed by atoms with E-state index >= 15 is 0 Å². The first-order valence-corrected chi connectivity index (χ1v) is 6.08. The third kappa shape index (κ3) is 1.28. The van der Waals surface area contributed by atoms with E-state index in [0.29, 0.717) is 0 Å². The molecule has 2 nitrogen and oxygen atoms in total. The summed E-state index contributed by atoms with van der Waals surface area (Å²) in [6, 6.07) is 6.45. The molecule has 0 spiro atoms. The van der Waals surface area contributed by atoms with Crippen LogP contribution in [0.4, 0.5) is 5.69 Å². The normalized spacial score (nSPS) is 11.4. The lowest BCUT2D eigenvalue weighted by atomic mass is 10.1. The summed E-state index contributed by atoms with van der Waals surface area (Å²) >= 11 is 1.60. The van der Waals surface area contributed by atoms with Crippen molar-refractivity contribution in [1.29, 1.82) is 0 Å². The average molecular weight is 228 g/mol. The predicted octanol–water partition coefficient (Wildman–Crippen LogP) is 3.65. The number of aryl methyl sites for hydroxylation is 2. The number of fused-ring (bicyclic) bond motifs is 2. The molecule has 3 aromatic rings. The predicted molar refractivity (Wildman–Crippen MR) is 71.0 cm³/mol. The van der Waals surface area contributed by atoms with Crippen molar-refractivity contribution >= 4 is 38.1 Å². The van der Waals surface area contributed by atoms with Crippen LogP contribution in [0.25, 0.3) is 21.1 Å². The molecule has 0 radical (unpaired) electrons. The molecular formula is C13H12N2S. The zero-order chi connectivity index (χ0) is 11.3. The van der Waals surface area contributed by atoms with Crippen molar-refractivity contribution in [2.45, 2.75) is 13.8 Å². The second-order valence-electron chi connectivity index (χ2n) is 4.16. The highest BCUT2D eigenvalue weighted by Crippen LogP contribution is 2.30. The highest BCUT2D eigenvalue weighted by molar-refractivity contribution is 7.17. The van der Waals surface area contributed by atoms with Gasteiger partial charge in [-0.15, -0.1) is 11.3 Å². The van der Waals surface area contributed by atoms with Crippen LogP contribution in [0.1, 0.15) is 11.1 Å². The summed E-state index contributed by atoms with van der Waals surface area (Å²) in [5.41, 5.74) is 10.4. The number of aromatic nitrogens is 1. The standard InChI is InChI=1S/C13H12N2S/c1-7-3-9-5-10-11(14)6-16-13(10)15-12(9)4-8(7)2/h3-6H,14H2,1-2H3. The first-order valence-electron chi connectivity index (χ1n) is 5.20. The summed E-state index contributed by atoms with van der Waals surface area (Å²) in [4.78, 5) is 5.66. The fourth-order valence-corrected chi connectivity index (χ4v) is 2.72. The maximum atomic E-state index is 5.91. The summed E-state index contributed by atoms with van der Waals surface area (Å²) in [7, 11) is 0. The Morgan fingerprint density at radius 3 is 2.69 bits per heavy atom. The third-order valence-electron chi connectivity index (χ3n) is 3.00. The van der Waals surface area contributed by atoms with Gasteiger partial charge in [-0.05, 0) is 43.2 Å². The van der Waals surface area contributed by atoms with Gasteiger partial charge in [-0.2, -0.15) is 0 Å². The highest BCUT2D eigenvalue weighted by Gasteiger charge is 2.05. The van der Waals surface area contributed by atoms with Gasteiger partial charge in [-0.3, -0.25) is 0 Å². The van der Waals surface area contributed by atoms with Crippen LogP contribution in [-0.4, -0.2) is 4.98 Å². The topological polar surface area (TPSA) is 38.9 Å². The van der Waals surface area contributed by atoms with Crippen molar-refractivity contribution in [2.24, 2.45) is 0 Å². The number of nitrogens with two attached hydrogens (primary N) is 1. The molecule has 2 aromatic heterocycles. The Balaban J connectivity index is 2.48. The molecule has 0 amide bonds. The fraction of sp³-hybridized carbons (Fsp3) is 0.154. The molecular weight excluding hydrogens is 216 g/mol. The molecule has 3 heteroatoms. The minimum Gasteiger partial charge on any atom is -0.398 e. The zero-order valence-corrected chi connectivity index (χ0v) is 10.1. The quantitative estimate of drug-likeness (QED) is 0.638. The van der Waals surface area contributed by atoms with Crippen LogP contribution in [0.3, 0.4) is 0 Å². The molecule has 0 atom stereocenters. The van der Waals surface area contributed by atoms with Crippen LogP contribution in [0, 0.1) is 13.8 Å². The van der Waals surface area contributed by atoms with Crippen LogP contribution in [0.2, 0.25) is 0 Å². The van der Waals surface area contributed by atoms with Crippen molar-refractivity contribution in [3.63, 3.8) is 0 Å². The molecule has 0 fully saturated rings. The van der Waals surface area contributed by atoms with E-state index in [0.717, 1.165) is 21.4 Å². The van der Waals surface area contributed by atoms with Gasteiger partial charge in [0.15, 0.2) is 0 Å². The first-order chi connectivity index (χ1) is 7.65. The largest absolute Gasteiger partial charge is 0.398 e. The number of nitrogens with zero attached hydrogens (tertiary/aromatic N) is 1. The Kier molecular flexibility index (Phi) is 1.91. The summed E-state index contributed by atoms with van der Waals surface area (Å²) < 4.78 is 0. The Labute approximate surface area is 97.7 Å². The zero-order valence-electron chi connectivity index (χ0n) is 9.24. The lowest BCUT2D eigenvalue weighted by Gasteiger charge is -2.03. The third-order valence-corrected chi connectivity index (χ3v) is 3.91. The second kappa shape index (κ2) is 3.19. The molecule has 0 bridgehead atoms. The van der Waals surface area contributed by atoms with Gasteiger partial charge in [-0.25, -0.2) is 4.98 Å². The van der Waals surface area contributed by atoms with Crippen LogP contribution < -0.4 is 5.73 Å². The number of pyridine rings is 1. The lowest BCUT2D eigenvalue weighted by Crippen LogP contribution is -1.86. The minimum atomic E-state index is 0.827. The van der Waals surface area contributed by atoms with Gasteiger partial charge >= 0.3 is 0 Å². The Hall–Kier alpha value is -1.61. The van der Waals surface area contributed by atoms with Crippen LogP contribution in [0.5, 0.6) is 0 Å². The molecule has 0 saturated heterocycles. The molecule has 0 unspecified atom stereocenters. The van der Waals surface area contributed by atoms with E-state index in [2.05, 4.69) is 37.0 Å². The van der Waals surface area contributed by atoms with Gasteiger partial charge in [0.2, 0.25) is 0 Å². The van der Waals surface area contributed by atoms with Crippen LogP contribution in [0.15, 0.2) is 23.6 Å². The monoisotopic (exact) mass is 228 g/mol. The second-order valence-corrected chi connectivity index (χ2v) is 5.02. The molecule has 0 aliphatic carbocycles. The molecule has 0 aliphatic rings. The van der Waals surface area contributed by atoms with Crippen LogP contribution >= 0.6 is 11.3 Å². The van der Waals surface area contributed by atoms with Gasteiger partial charge in [0.1, 0.15) is 4.83 Å². The van der Waals surface area contributed by atoms with E-state index in [1.807, 2.05) is 5.38 Å². The summed E-state index contributed by atoms with van der Waals surface area (Å²) in [6.45, 7) is 4.24. The van der Waals surface area contributed by atoms with Crippen molar-refractivity contribution in [3.05, 3.63) is 34.7 Å². The van der Waals surface area contributed by atoms with Gasteiger partial charge in [0, 0.05) is 16.2 Å². The number of hydrogen-bond donors (Lipinski definition) is 1. The van der Waals surface area contributed by atoms with E-state index in [9.17, 15) is 0 Å². The molecule has 1 aromatic carbocycles. The minimum absolute atomic E-state index is 0.827. The van der Waals surface area contributed by atoms with Gasteiger partial charge in [0.05, 0.1) is 11.2 Å². The molecule has 0 aliphatic heterocycles. The maximum absolute atomic E-state index is 5.91. The molecule has 0 saturated carbocycles. The SMILES string of the molecule is Cc1cc2cc3c(N)csc3nc2cc1C. The van der Waals surface area contributed by atoms with Crippen molar-refractivity contribution in [2.75, 3.05) is 5.73 Å². The number of rotatable bonds is 0. The van der Waals surface area contributed by atoms with Crippen molar-refractivity contribution in [1.82, 2.24) is 4.98 Å².